The number of halogens is 1. The molecule has 100 valence electrons. The fourth-order valence-electron chi connectivity index (χ4n) is 1.76. The zero-order valence-electron chi connectivity index (χ0n) is 11.4. The van der Waals surface area contributed by atoms with Crippen molar-refractivity contribution in [2.75, 3.05) is 13.6 Å². The standard InChI is InChI=1S/C14H21FN2O/c1-10-5-6-12(15)7-11(10)8-17-9-14(2,3)13(18)16-4/h5-7,17H,8-9H2,1-4H3,(H,16,18). The van der Waals surface area contributed by atoms with E-state index in [1.807, 2.05) is 20.8 Å². The van der Waals surface area contributed by atoms with Crippen LogP contribution in [0.4, 0.5) is 4.39 Å². The summed E-state index contributed by atoms with van der Waals surface area (Å²) in [4.78, 5) is 11.6. The molecule has 0 spiro atoms. The van der Waals surface area contributed by atoms with E-state index in [1.54, 1.807) is 13.1 Å². The van der Waals surface area contributed by atoms with Crippen molar-refractivity contribution in [1.82, 2.24) is 10.6 Å². The van der Waals surface area contributed by atoms with Crippen LogP contribution in [0.25, 0.3) is 0 Å². The van der Waals surface area contributed by atoms with Gasteiger partial charge in [0, 0.05) is 20.1 Å². The van der Waals surface area contributed by atoms with E-state index in [0.717, 1.165) is 11.1 Å². The molecule has 0 aromatic heterocycles. The van der Waals surface area contributed by atoms with Gasteiger partial charge in [-0.1, -0.05) is 6.07 Å². The third-order valence-electron chi connectivity index (χ3n) is 3.04. The van der Waals surface area contributed by atoms with Gasteiger partial charge in [-0.05, 0) is 44.0 Å². The van der Waals surface area contributed by atoms with Crippen LogP contribution in [0.15, 0.2) is 18.2 Å². The molecule has 0 radical (unpaired) electrons. The summed E-state index contributed by atoms with van der Waals surface area (Å²) in [6.45, 7) is 6.79. The molecule has 0 saturated heterocycles. The van der Waals surface area contributed by atoms with Gasteiger partial charge < -0.3 is 10.6 Å². The third kappa shape index (κ3) is 3.81. The second kappa shape index (κ2) is 5.96. The number of rotatable bonds is 5. The Morgan fingerprint density at radius 1 is 1.39 bits per heavy atom. The molecular formula is C14H21FN2O. The Labute approximate surface area is 108 Å². The molecule has 0 aliphatic heterocycles. The van der Waals surface area contributed by atoms with Crippen LogP contribution in [-0.2, 0) is 11.3 Å². The lowest BCUT2D eigenvalue weighted by atomic mass is 9.92. The first-order chi connectivity index (χ1) is 8.36. The molecule has 1 amide bonds. The van der Waals surface area contributed by atoms with Crippen molar-refractivity contribution in [2.24, 2.45) is 5.41 Å². The van der Waals surface area contributed by atoms with Crippen LogP contribution in [0.1, 0.15) is 25.0 Å². The van der Waals surface area contributed by atoms with Crippen molar-refractivity contribution >= 4 is 5.91 Å². The summed E-state index contributed by atoms with van der Waals surface area (Å²) in [5, 5.41) is 5.83. The maximum Gasteiger partial charge on any atom is 0.226 e. The highest BCUT2D eigenvalue weighted by Gasteiger charge is 2.25. The number of nitrogens with one attached hydrogen (secondary N) is 2. The van der Waals surface area contributed by atoms with Gasteiger partial charge in [0.15, 0.2) is 0 Å². The normalized spacial score (nSPS) is 11.4. The summed E-state index contributed by atoms with van der Waals surface area (Å²) >= 11 is 0. The van der Waals surface area contributed by atoms with Crippen molar-refractivity contribution in [3.05, 3.63) is 35.1 Å². The molecular weight excluding hydrogens is 231 g/mol. The van der Waals surface area contributed by atoms with Crippen molar-refractivity contribution < 1.29 is 9.18 Å². The molecule has 4 heteroatoms. The summed E-state index contributed by atoms with van der Waals surface area (Å²) in [7, 11) is 1.63. The van der Waals surface area contributed by atoms with E-state index in [9.17, 15) is 9.18 Å². The summed E-state index contributed by atoms with van der Waals surface area (Å²) in [5.74, 6) is -0.242. The van der Waals surface area contributed by atoms with Gasteiger partial charge in [0.1, 0.15) is 5.82 Å². The molecule has 0 atom stereocenters. The number of carbonyl (C=O) groups excluding carboxylic acids is 1. The highest BCUT2D eigenvalue weighted by atomic mass is 19.1. The smallest absolute Gasteiger partial charge is 0.226 e. The summed E-state index contributed by atoms with van der Waals surface area (Å²) < 4.78 is 13.1. The first-order valence-electron chi connectivity index (χ1n) is 6.05. The summed E-state index contributed by atoms with van der Waals surface area (Å²) in [6, 6.07) is 4.73. The van der Waals surface area contributed by atoms with E-state index in [1.165, 1.54) is 12.1 Å². The Morgan fingerprint density at radius 3 is 2.67 bits per heavy atom. The Balaban J connectivity index is 2.56. The molecule has 0 bridgehead atoms. The minimum Gasteiger partial charge on any atom is -0.359 e. The van der Waals surface area contributed by atoms with Crippen LogP contribution in [-0.4, -0.2) is 19.5 Å². The number of hydrogen-bond donors (Lipinski definition) is 2. The molecule has 1 rings (SSSR count). The van der Waals surface area contributed by atoms with E-state index < -0.39 is 5.41 Å². The number of amides is 1. The van der Waals surface area contributed by atoms with Gasteiger partial charge in [-0.2, -0.15) is 0 Å². The highest BCUT2D eigenvalue weighted by molar-refractivity contribution is 5.81. The second-order valence-electron chi connectivity index (χ2n) is 5.14. The first-order valence-corrected chi connectivity index (χ1v) is 6.05. The maximum atomic E-state index is 13.1. The highest BCUT2D eigenvalue weighted by Crippen LogP contribution is 2.14. The Bertz CT molecular complexity index is 430. The van der Waals surface area contributed by atoms with Crippen molar-refractivity contribution in [1.29, 1.82) is 0 Å². The van der Waals surface area contributed by atoms with Gasteiger partial charge in [-0.3, -0.25) is 4.79 Å². The molecule has 0 fully saturated rings. The van der Waals surface area contributed by atoms with E-state index in [4.69, 9.17) is 0 Å². The quantitative estimate of drug-likeness (QED) is 0.841. The van der Waals surface area contributed by atoms with Crippen molar-refractivity contribution in [3.8, 4) is 0 Å². The van der Waals surface area contributed by atoms with Crippen LogP contribution < -0.4 is 10.6 Å². The van der Waals surface area contributed by atoms with Crippen LogP contribution >= 0.6 is 0 Å². The third-order valence-corrected chi connectivity index (χ3v) is 3.04. The number of hydrogen-bond acceptors (Lipinski definition) is 2. The van der Waals surface area contributed by atoms with Gasteiger partial charge in [-0.15, -0.1) is 0 Å². The topological polar surface area (TPSA) is 41.1 Å². The van der Waals surface area contributed by atoms with Gasteiger partial charge in [0.05, 0.1) is 5.41 Å². The number of carbonyl (C=O) groups is 1. The fourth-order valence-corrected chi connectivity index (χ4v) is 1.76. The molecule has 0 aliphatic rings. The SMILES string of the molecule is CNC(=O)C(C)(C)CNCc1cc(F)ccc1C. The Kier molecular flexibility index (Phi) is 4.84. The first kappa shape index (κ1) is 14.6. The molecule has 0 saturated carbocycles. The van der Waals surface area contributed by atoms with Crippen molar-refractivity contribution in [3.63, 3.8) is 0 Å². The molecule has 2 N–H and O–H groups in total. The van der Waals surface area contributed by atoms with Gasteiger partial charge in [-0.25, -0.2) is 4.39 Å². The molecule has 0 aliphatic carbocycles. The number of aryl methyl sites for hydroxylation is 1. The van der Waals surface area contributed by atoms with E-state index >= 15 is 0 Å². The average Bonchev–Trinajstić information content (AvgIpc) is 2.32. The molecule has 3 nitrogen and oxygen atoms in total. The zero-order chi connectivity index (χ0) is 13.8. The Morgan fingerprint density at radius 2 is 2.06 bits per heavy atom. The van der Waals surface area contributed by atoms with Crippen LogP contribution in [0.3, 0.4) is 0 Å². The van der Waals surface area contributed by atoms with Gasteiger partial charge in [0.2, 0.25) is 5.91 Å². The zero-order valence-corrected chi connectivity index (χ0v) is 11.4. The van der Waals surface area contributed by atoms with Crippen LogP contribution in [0.5, 0.6) is 0 Å². The Hall–Kier alpha value is -1.42. The average molecular weight is 252 g/mol. The van der Waals surface area contributed by atoms with Crippen molar-refractivity contribution in [2.45, 2.75) is 27.3 Å². The fraction of sp³-hybridized carbons (Fsp3) is 0.500. The van der Waals surface area contributed by atoms with E-state index in [0.29, 0.717) is 13.1 Å². The lowest BCUT2D eigenvalue weighted by Gasteiger charge is -2.23. The predicted molar refractivity (Wildman–Crippen MR) is 70.7 cm³/mol. The van der Waals surface area contributed by atoms with E-state index in [-0.39, 0.29) is 11.7 Å². The molecule has 18 heavy (non-hydrogen) atoms. The van der Waals surface area contributed by atoms with E-state index in [2.05, 4.69) is 10.6 Å². The van der Waals surface area contributed by atoms with Crippen LogP contribution in [0.2, 0.25) is 0 Å². The molecule has 1 aromatic carbocycles. The monoisotopic (exact) mass is 252 g/mol. The second-order valence-corrected chi connectivity index (χ2v) is 5.14. The lowest BCUT2D eigenvalue weighted by Crippen LogP contribution is -2.41. The summed E-state index contributed by atoms with van der Waals surface area (Å²) in [6.07, 6.45) is 0. The predicted octanol–water partition coefficient (Wildman–Crippen LogP) is 2.00. The summed E-state index contributed by atoms with van der Waals surface area (Å²) in [5.41, 5.74) is 1.49. The number of benzene rings is 1. The van der Waals surface area contributed by atoms with Gasteiger partial charge in [0.25, 0.3) is 0 Å². The molecule has 0 unspecified atom stereocenters. The maximum absolute atomic E-state index is 13.1. The minimum absolute atomic E-state index is 0.00837. The molecule has 1 aromatic rings. The minimum atomic E-state index is -0.476. The molecule has 0 heterocycles. The van der Waals surface area contributed by atoms with Gasteiger partial charge >= 0.3 is 0 Å². The largest absolute Gasteiger partial charge is 0.359 e. The lowest BCUT2D eigenvalue weighted by molar-refractivity contribution is -0.128. The van der Waals surface area contributed by atoms with Crippen LogP contribution in [0, 0.1) is 18.2 Å².